The van der Waals surface area contributed by atoms with Gasteiger partial charge in [0, 0.05) is 0 Å². The smallest absolute Gasteiger partial charge is 0.263 e. The molecular weight excluding hydrogens is 262 g/mol. The van der Waals surface area contributed by atoms with E-state index in [1.54, 1.807) is 0 Å². The highest BCUT2D eigenvalue weighted by atomic mass is 32.2. The van der Waals surface area contributed by atoms with Crippen LogP contribution in [0.1, 0.15) is 65.2 Å². The number of carbonyl (C=O) groups is 1. The van der Waals surface area contributed by atoms with E-state index in [0.29, 0.717) is 4.32 Å². The molecule has 0 unspecified atom stereocenters. The topological polar surface area (TPSA) is 29.1 Å². The van der Waals surface area contributed by atoms with Crippen LogP contribution in [-0.2, 0) is 4.79 Å². The zero-order chi connectivity index (χ0) is 13.4. The van der Waals surface area contributed by atoms with Gasteiger partial charge in [0.05, 0.1) is 4.91 Å². The second-order valence-electron chi connectivity index (χ2n) is 4.82. The van der Waals surface area contributed by atoms with Gasteiger partial charge < -0.3 is 5.32 Å². The molecule has 1 fully saturated rings. The predicted octanol–water partition coefficient (Wildman–Crippen LogP) is 4.55. The molecule has 0 bridgehead atoms. The van der Waals surface area contributed by atoms with Gasteiger partial charge in [-0.1, -0.05) is 75.0 Å². The van der Waals surface area contributed by atoms with Gasteiger partial charge >= 0.3 is 0 Å². The summed E-state index contributed by atoms with van der Waals surface area (Å²) in [7, 11) is 0. The normalized spacial score (nSPS) is 18.1. The quantitative estimate of drug-likeness (QED) is 0.403. The van der Waals surface area contributed by atoms with Crippen LogP contribution in [0.3, 0.4) is 0 Å². The van der Waals surface area contributed by atoms with Crippen LogP contribution in [0.4, 0.5) is 0 Å². The first-order chi connectivity index (χ1) is 8.65. The number of thioether (sulfide) groups is 1. The standard InChI is InChI=1S/C14H23NOS2/c1-3-4-5-6-7-8-9-10-11(2)12-13(16)15-14(17)18-12/h3-10H2,1-2H3,(H,15,16,17)/b12-11+. The summed E-state index contributed by atoms with van der Waals surface area (Å²) in [5.74, 6) is -0.00885. The molecule has 1 heterocycles. The molecule has 4 heteroatoms. The molecule has 0 spiro atoms. The van der Waals surface area contributed by atoms with Gasteiger partial charge in [-0.15, -0.1) is 0 Å². The van der Waals surface area contributed by atoms with Crippen LogP contribution in [0.25, 0.3) is 0 Å². The lowest BCUT2D eigenvalue weighted by Gasteiger charge is -2.04. The number of rotatable bonds is 8. The lowest BCUT2D eigenvalue weighted by molar-refractivity contribution is -0.115. The van der Waals surface area contributed by atoms with Gasteiger partial charge in [0.1, 0.15) is 4.32 Å². The van der Waals surface area contributed by atoms with Crippen molar-refractivity contribution in [2.45, 2.75) is 65.2 Å². The van der Waals surface area contributed by atoms with Crippen molar-refractivity contribution in [1.82, 2.24) is 5.32 Å². The van der Waals surface area contributed by atoms with Gasteiger partial charge in [0.25, 0.3) is 5.91 Å². The Kier molecular flexibility index (Phi) is 7.59. The first-order valence-corrected chi connectivity index (χ1v) is 8.10. The number of thiocarbonyl (C=S) groups is 1. The van der Waals surface area contributed by atoms with E-state index in [1.807, 2.05) is 6.92 Å². The first-order valence-electron chi connectivity index (χ1n) is 6.88. The van der Waals surface area contributed by atoms with Crippen molar-refractivity contribution in [3.8, 4) is 0 Å². The van der Waals surface area contributed by atoms with Gasteiger partial charge in [-0.05, 0) is 19.8 Å². The molecule has 2 nitrogen and oxygen atoms in total. The number of amides is 1. The largest absolute Gasteiger partial charge is 0.307 e. The molecule has 0 saturated carbocycles. The molecule has 0 aliphatic carbocycles. The summed E-state index contributed by atoms with van der Waals surface area (Å²) in [6.45, 7) is 4.29. The van der Waals surface area contributed by atoms with Crippen LogP contribution in [-0.4, -0.2) is 10.2 Å². The molecule has 1 saturated heterocycles. The van der Waals surface area contributed by atoms with Crippen molar-refractivity contribution in [2.24, 2.45) is 0 Å². The maximum atomic E-state index is 11.6. The number of hydrogen-bond donors (Lipinski definition) is 1. The Morgan fingerprint density at radius 2 is 1.78 bits per heavy atom. The van der Waals surface area contributed by atoms with Gasteiger partial charge in [-0.25, -0.2) is 0 Å². The first kappa shape index (κ1) is 15.7. The molecule has 0 atom stereocenters. The van der Waals surface area contributed by atoms with Crippen molar-refractivity contribution < 1.29 is 4.79 Å². The Bertz CT molecular complexity index is 337. The van der Waals surface area contributed by atoms with E-state index in [-0.39, 0.29) is 5.91 Å². The number of nitrogens with one attached hydrogen (secondary N) is 1. The summed E-state index contributed by atoms with van der Waals surface area (Å²) in [4.78, 5) is 12.4. The zero-order valence-corrected chi connectivity index (χ0v) is 13.0. The minimum Gasteiger partial charge on any atom is -0.307 e. The third-order valence-electron chi connectivity index (χ3n) is 3.16. The Balaban J connectivity index is 2.17. The fourth-order valence-corrected chi connectivity index (χ4v) is 3.15. The molecule has 0 aromatic heterocycles. The number of unbranched alkanes of at least 4 members (excludes halogenated alkanes) is 6. The van der Waals surface area contributed by atoms with Crippen molar-refractivity contribution in [3.63, 3.8) is 0 Å². The lowest BCUT2D eigenvalue weighted by Crippen LogP contribution is -2.18. The molecule has 0 radical (unpaired) electrons. The average Bonchev–Trinajstić information content (AvgIpc) is 2.67. The van der Waals surface area contributed by atoms with Crippen LogP contribution in [0.5, 0.6) is 0 Å². The maximum Gasteiger partial charge on any atom is 0.263 e. The van der Waals surface area contributed by atoms with E-state index in [1.165, 1.54) is 62.3 Å². The van der Waals surface area contributed by atoms with E-state index in [9.17, 15) is 4.79 Å². The van der Waals surface area contributed by atoms with E-state index in [4.69, 9.17) is 12.2 Å². The maximum absolute atomic E-state index is 11.6. The second-order valence-corrected chi connectivity index (χ2v) is 6.51. The zero-order valence-electron chi connectivity index (χ0n) is 11.4. The average molecular weight is 285 g/mol. The second kappa shape index (κ2) is 8.70. The summed E-state index contributed by atoms with van der Waals surface area (Å²) in [5, 5.41) is 2.67. The third kappa shape index (κ3) is 5.53. The fraction of sp³-hybridized carbons (Fsp3) is 0.714. The molecule has 0 aromatic carbocycles. The molecule has 18 heavy (non-hydrogen) atoms. The van der Waals surface area contributed by atoms with Crippen LogP contribution in [0, 0.1) is 0 Å². The van der Waals surface area contributed by atoms with Gasteiger partial charge in [0.2, 0.25) is 0 Å². The van der Waals surface area contributed by atoms with E-state index in [2.05, 4.69) is 12.2 Å². The minimum atomic E-state index is -0.00885. The summed E-state index contributed by atoms with van der Waals surface area (Å²) in [5.41, 5.74) is 1.19. The highest BCUT2D eigenvalue weighted by molar-refractivity contribution is 8.26. The highest BCUT2D eigenvalue weighted by Gasteiger charge is 2.23. The van der Waals surface area contributed by atoms with Crippen LogP contribution in [0.2, 0.25) is 0 Å². The van der Waals surface area contributed by atoms with Crippen molar-refractivity contribution in [3.05, 3.63) is 10.5 Å². The van der Waals surface area contributed by atoms with Crippen LogP contribution in [0.15, 0.2) is 10.5 Å². The molecular formula is C14H23NOS2. The summed E-state index contributed by atoms with van der Waals surface area (Å²) in [6.07, 6.45) is 10.2. The Labute approximate surface area is 120 Å². The Hall–Kier alpha value is -0.350. The predicted molar refractivity (Wildman–Crippen MR) is 83.6 cm³/mol. The molecule has 1 rings (SSSR count). The highest BCUT2D eigenvalue weighted by Crippen LogP contribution is 2.28. The fourth-order valence-electron chi connectivity index (χ4n) is 2.06. The Morgan fingerprint density at radius 3 is 2.33 bits per heavy atom. The molecule has 1 aliphatic heterocycles. The molecule has 1 aliphatic rings. The van der Waals surface area contributed by atoms with Crippen molar-refractivity contribution in [1.29, 1.82) is 0 Å². The van der Waals surface area contributed by atoms with Gasteiger partial charge in [-0.2, -0.15) is 0 Å². The summed E-state index contributed by atoms with van der Waals surface area (Å²) < 4.78 is 0.592. The summed E-state index contributed by atoms with van der Waals surface area (Å²) >= 11 is 6.39. The van der Waals surface area contributed by atoms with E-state index < -0.39 is 0 Å². The molecule has 102 valence electrons. The van der Waals surface area contributed by atoms with Gasteiger partial charge in [0.15, 0.2) is 0 Å². The molecule has 0 aromatic rings. The van der Waals surface area contributed by atoms with Crippen molar-refractivity contribution >= 4 is 34.2 Å². The van der Waals surface area contributed by atoms with Crippen LogP contribution < -0.4 is 5.32 Å². The molecule has 1 N–H and O–H groups in total. The number of hydrogen-bond acceptors (Lipinski definition) is 3. The van der Waals surface area contributed by atoms with Crippen molar-refractivity contribution in [2.75, 3.05) is 0 Å². The Morgan fingerprint density at radius 1 is 1.17 bits per heavy atom. The summed E-state index contributed by atoms with van der Waals surface area (Å²) in [6, 6.07) is 0. The minimum absolute atomic E-state index is 0.00885. The number of allylic oxidation sites excluding steroid dienone is 1. The van der Waals surface area contributed by atoms with E-state index >= 15 is 0 Å². The number of carbonyl (C=O) groups excluding carboxylic acids is 1. The van der Waals surface area contributed by atoms with Crippen LogP contribution >= 0.6 is 24.0 Å². The van der Waals surface area contributed by atoms with Gasteiger partial charge in [-0.3, -0.25) is 4.79 Å². The lowest BCUT2D eigenvalue weighted by atomic mass is 10.1. The SMILES string of the molecule is CCCCCCCCC/C(C)=C1/SC(=S)NC1=O. The third-order valence-corrected chi connectivity index (χ3v) is 4.54. The monoisotopic (exact) mass is 285 g/mol. The molecule has 1 amide bonds. The van der Waals surface area contributed by atoms with E-state index in [0.717, 1.165) is 11.3 Å².